The van der Waals surface area contributed by atoms with Gasteiger partial charge in [-0.05, 0) is 55.7 Å². The van der Waals surface area contributed by atoms with Crippen LogP contribution < -0.4 is 0 Å². The third-order valence-corrected chi connectivity index (χ3v) is 6.52. The lowest BCUT2D eigenvalue weighted by atomic mass is 9.89. The van der Waals surface area contributed by atoms with Gasteiger partial charge in [-0.1, -0.05) is 12.1 Å². The van der Waals surface area contributed by atoms with E-state index in [4.69, 9.17) is 9.47 Å². The number of nitrogens with zero attached hydrogens (tertiary/aromatic N) is 2. The number of hydrogen-bond donors (Lipinski definition) is 0. The van der Waals surface area contributed by atoms with Gasteiger partial charge in [0.2, 0.25) is 5.91 Å². The van der Waals surface area contributed by atoms with Gasteiger partial charge in [-0.2, -0.15) is 0 Å². The Morgan fingerprint density at radius 2 is 1.41 bits per heavy atom. The molecule has 0 saturated carbocycles. The fraction of sp³-hybridized carbons (Fsp3) is 0.652. The monoisotopic (exact) mass is 400 g/mol. The van der Waals surface area contributed by atoms with Crippen molar-refractivity contribution in [2.75, 3.05) is 52.6 Å². The fourth-order valence-electron chi connectivity index (χ4n) is 4.63. The van der Waals surface area contributed by atoms with Gasteiger partial charge in [-0.15, -0.1) is 0 Å². The van der Waals surface area contributed by atoms with Crippen molar-refractivity contribution >= 4 is 11.8 Å². The van der Waals surface area contributed by atoms with Crippen LogP contribution in [0.1, 0.15) is 41.6 Å². The third-order valence-electron chi connectivity index (χ3n) is 6.52. The zero-order chi connectivity index (χ0) is 20.1. The molecule has 4 rings (SSSR count). The van der Waals surface area contributed by atoms with Crippen LogP contribution in [-0.4, -0.2) is 74.2 Å². The van der Waals surface area contributed by atoms with Crippen molar-refractivity contribution in [3.8, 4) is 0 Å². The van der Waals surface area contributed by atoms with E-state index in [1.165, 1.54) is 5.56 Å². The standard InChI is InChI=1S/C23H32N2O4/c26-22(25-11-15-29-16-12-25)20-3-1-18(2-4-20)17-19-5-9-24(10-6-19)23(27)21-7-13-28-14-8-21/h1-4,19,21H,5-17H2. The van der Waals surface area contributed by atoms with Crippen molar-refractivity contribution in [1.29, 1.82) is 0 Å². The molecule has 0 radical (unpaired) electrons. The smallest absolute Gasteiger partial charge is 0.254 e. The molecule has 29 heavy (non-hydrogen) atoms. The second-order valence-electron chi connectivity index (χ2n) is 8.46. The van der Waals surface area contributed by atoms with Gasteiger partial charge in [0, 0.05) is 50.9 Å². The van der Waals surface area contributed by atoms with Crippen molar-refractivity contribution in [2.45, 2.75) is 32.1 Å². The number of hydrogen-bond acceptors (Lipinski definition) is 4. The number of morpholine rings is 1. The van der Waals surface area contributed by atoms with Crippen LogP contribution in [0.2, 0.25) is 0 Å². The molecule has 6 nitrogen and oxygen atoms in total. The maximum Gasteiger partial charge on any atom is 0.254 e. The first-order valence-electron chi connectivity index (χ1n) is 11.0. The molecule has 3 fully saturated rings. The minimum atomic E-state index is 0.0970. The Balaban J connectivity index is 1.25. The van der Waals surface area contributed by atoms with E-state index in [2.05, 4.69) is 17.0 Å². The summed E-state index contributed by atoms with van der Waals surface area (Å²) in [4.78, 5) is 29.2. The normalized spacial score (nSPS) is 21.9. The minimum absolute atomic E-state index is 0.0970. The molecule has 3 aliphatic rings. The predicted molar refractivity (Wildman–Crippen MR) is 110 cm³/mol. The highest BCUT2D eigenvalue weighted by Crippen LogP contribution is 2.25. The van der Waals surface area contributed by atoms with Gasteiger partial charge in [0.25, 0.3) is 5.91 Å². The lowest BCUT2D eigenvalue weighted by molar-refractivity contribution is -0.139. The van der Waals surface area contributed by atoms with Gasteiger partial charge < -0.3 is 19.3 Å². The minimum Gasteiger partial charge on any atom is -0.381 e. The second-order valence-corrected chi connectivity index (χ2v) is 8.46. The number of ether oxygens (including phenoxy) is 2. The molecule has 158 valence electrons. The van der Waals surface area contributed by atoms with Crippen LogP contribution in [0.3, 0.4) is 0 Å². The van der Waals surface area contributed by atoms with E-state index in [0.29, 0.717) is 38.1 Å². The Labute approximate surface area is 173 Å². The molecular weight excluding hydrogens is 368 g/mol. The lowest BCUT2D eigenvalue weighted by Gasteiger charge is -2.35. The second kappa shape index (κ2) is 9.72. The van der Waals surface area contributed by atoms with Crippen molar-refractivity contribution in [3.63, 3.8) is 0 Å². The number of benzene rings is 1. The van der Waals surface area contributed by atoms with Crippen LogP contribution in [0.5, 0.6) is 0 Å². The molecule has 1 aromatic carbocycles. The summed E-state index contributed by atoms with van der Waals surface area (Å²) in [7, 11) is 0. The fourth-order valence-corrected chi connectivity index (χ4v) is 4.63. The highest BCUT2D eigenvalue weighted by molar-refractivity contribution is 5.94. The van der Waals surface area contributed by atoms with Crippen molar-refractivity contribution < 1.29 is 19.1 Å². The molecule has 0 N–H and O–H groups in total. The average Bonchev–Trinajstić information content (AvgIpc) is 2.80. The van der Waals surface area contributed by atoms with E-state index in [1.54, 1.807) is 0 Å². The molecule has 3 saturated heterocycles. The highest BCUT2D eigenvalue weighted by Gasteiger charge is 2.29. The van der Waals surface area contributed by atoms with Crippen LogP contribution in [-0.2, 0) is 20.7 Å². The molecular formula is C23H32N2O4. The van der Waals surface area contributed by atoms with Gasteiger partial charge in [0.05, 0.1) is 13.2 Å². The van der Waals surface area contributed by atoms with Crippen LogP contribution in [0.25, 0.3) is 0 Å². The van der Waals surface area contributed by atoms with Crippen LogP contribution in [0, 0.1) is 11.8 Å². The van der Waals surface area contributed by atoms with Crippen LogP contribution >= 0.6 is 0 Å². The van der Waals surface area contributed by atoms with Crippen molar-refractivity contribution in [2.24, 2.45) is 11.8 Å². The Morgan fingerprint density at radius 3 is 2.07 bits per heavy atom. The third kappa shape index (κ3) is 5.17. The first-order chi connectivity index (χ1) is 14.2. The van der Waals surface area contributed by atoms with Crippen molar-refractivity contribution in [1.82, 2.24) is 9.80 Å². The topological polar surface area (TPSA) is 59.1 Å². The van der Waals surface area contributed by atoms with Gasteiger partial charge in [0.1, 0.15) is 0 Å². The molecule has 0 bridgehead atoms. The molecule has 0 aromatic heterocycles. The molecule has 0 aliphatic carbocycles. The van der Waals surface area contributed by atoms with E-state index in [1.807, 2.05) is 17.0 Å². The van der Waals surface area contributed by atoms with E-state index < -0.39 is 0 Å². The maximum absolute atomic E-state index is 12.7. The summed E-state index contributed by atoms with van der Waals surface area (Å²) >= 11 is 0. The average molecular weight is 401 g/mol. The molecule has 3 aliphatic heterocycles. The summed E-state index contributed by atoms with van der Waals surface area (Å²) in [6.07, 6.45) is 4.88. The highest BCUT2D eigenvalue weighted by atomic mass is 16.5. The number of amides is 2. The summed E-state index contributed by atoms with van der Waals surface area (Å²) in [5, 5.41) is 0. The summed E-state index contributed by atoms with van der Waals surface area (Å²) in [6.45, 7) is 5.77. The van der Waals surface area contributed by atoms with E-state index in [-0.39, 0.29) is 11.8 Å². The number of piperidine rings is 1. The number of rotatable bonds is 4. The Kier molecular flexibility index (Phi) is 6.82. The van der Waals surface area contributed by atoms with Gasteiger partial charge in [0.15, 0.2) is 0 Å². The SMILES string of the molecule is O=C(c1ccc(CC2CCN(C(=O)C3CCOCC3)CC2)cc1)N1CCOCC1. The molecule has 2 amide bonds. The molecule has 6 heteroatoms. The predicted octanol–water partition coefficient (Wildman–Crippen LogP) is 2.37. The first-order valence-corrected chi connectivity index (χ1v) is 11.0. The van der Waals surface area contributed by atoms with Crippen molar-refractivity contribution in [3.05, 3.63) is 35.4 Å². The largest absolute Gasteiger partial charge is 0.381 e. The Morgan fingerprint density at radius 1 is 0.793 bits per heavy atom. The Hall–Kier alpha value is -1.92. The number of carbonyl (C=O) groups excluding carboxylic acids is 2. The van der Waals surface area contributed by atoms with E-state index >= 15 is 0 Å². The van der Waals surface area contributed by atoms with Crippen LogP contribution in [0.4, 0.5) is 0 Å². The number of likely N-dealkylation sites (tertiary alicyclic amines) is 1. The summed E-state index contributed by atoms with van der Waals surface area (Å²) in [5.41, 5.74) is 2.03. The molecule has 1 aromatic rings. The number of carbonyl (C=O) groups is 2. The zero-order valence-electron chi connectivity index (χ0n) is 17.2. The summed E-state index contributed by atoms with van der Waals surface area (Å²) < 4.78 is 10.7. The summed E-state index contributed by atoms with van der Waals surface area (Å²) in [5.74, 6) is 1.20. The lowest BCUT2D eigenvalue weighted by Crippen LogP contribution is -2.43. The molecule has 0 spiro atoms. The van der Waals surface area contributed by atoms with E-state index in [9.17, 15) is 9.59 Å². The first kappa shape index (κ1) is 20.4. The maximum atomic E-state index is 12.7. The molecule has 3 heterocycles. The quantitative estimate of drug-likeness (QED) is 0.779. The van der Waals surface area contributed by atoms with Gasteiger partial charge in [-0.25, -0.2) is 0 Å². The summed E-state index contributed by atoms with van der Waals surface area (Å²) in [6, 6.07) is 8.09. The molecule has 0 atom stereocenters. The zero-order valence-corrected chi connectivity index (χ0v) is 17.2. The Bertz CT molecular complexity index is 685. The molecule has 0 unspecified atom stereocenters. The van der Waals surface area contributed by atoms with E-state index in [0.717, 1.165) is 64.0 Å². The van der Waals surface area contributed by atoms with Gasteiger partial charge >= 0.3 is 0 Å². The van der Waals surface area contributed by atoms with Crippen LogP contribution in [0.15, 0.2) is 24.3 Å². The van der Waals surface area contributed by atoms with Gasteiger partial charge in [-0.3, -0.25) is 9.59 Å².